The summed E-state index contributed by atoms with van der Waals surface area (Å²) >= 11 is 0. The van der Waals surface area contributed by atoms with Crippen molar-refractivity contribution in [2.24, 2.45) is 5.73 Å². The van der Waals surface area contributed by atoms with E-state index in [4.69, 9.17) is 15.9 Å². The molecule has 0 saturated heterocycles. The van der Waals surface area contributed by atoms with E-state index in [0.717, 1.165) is 0 Å². The lowest BCUT2D eigenvalue weighted by Crippen LogP contribution is -2.34. The molecule has 62 valence electrons. The molecule has 0 fully saturated rings. The largest absolute Gasteiger partial charge is 0.481 e. The van der Waals surface area contributed by atoms with Gasteiger partial charge in [0.2, 0.25) is 0 Å². The molecular weight excluding hydrogens is 158 g/mol. The summed E-state index contributed by atoms with van der Waals surface area (Å²) in [5.74, 6) is -0.983. The molecule has 0 rings (SSSR count). The normalized spacial score (nSPS) is 15.1. The van der Waals surface area contributed by atoms with Gasteiger partial charge in [0.25, 0.3) is 0 Å². The Bertz CT molecular complexity index is 107. The van der Waals surface area contributed by atoms with E-state index in [1.165, 1.54) is 6.92 Å². The highest BCUT2D eigenvalue weighted by Gasteiger charge is 2.12. The molecule has 0 aliphatic heterocycles. The summed E-state index contributed by atoms with van der Waals surface area (Å²) in [6.07, 6.45) is -0.932. The number of nitrogens with two attached hydrogens (primary N) is 1. The van der Waals surface area contributed by atoms with Crippen LogP contribution in [-0.4, -0.2) is 28.3 Å². The predicted molar refractivity (Wildman–Crippen MR) is 39.2 cm³/mol. The van der Waals surface area contributed by atoms with Crippen molar-refractivity contribution in [3.8, 4) is 0 Å². The smallest absolute Gasteiger partial charge is 0.305 e. The zero-order chi connectivity index (χ0) is 7.44. The van der Waals surface area contributed by atoms with Crippen LogP contribution in [0.1, 0.15) is 13.3 Å². The van der Waals surface area contributed by atoms with Crippen LogP contribution in [0.4, 0.5) is 0 Å². The molecule has 0 unspecified atom stereocenters. The maximum atomic E-state index is 9.92. The average molecular weight is 170 g/mol. The number of aliphatic hydroxyl groups excluding tert-OH is 1. The summed E-state index contributed by atoms with van der Waals surface area (Å²) in [5.41, 5.74) is 5.19. The first-order chi connectivity index (χ1) is 4.04. The molecule has 0 aromatic carbocycles. The van der Waals surface area contributed by atoms with E-state index in [1.54, 1.807) is 0 Å². The molecule has 0 saturated carbocycles. The maximum Gasteiger partial charge on any atom is 0.305 e. The molecule has 5 heteroatoms. The van der Waals surface area contributed by atoms with Gasteiger partial charge < -0.3 is 15.9 Å². The zero-order valence-corrected chi connectivity index (χ0v) is 6.47. The van der Waals surface area contributed by atoms with Crippen LogP contribution in [0.15, 0.2) is 0 Å². The van der Waals surface area contributed by atoms with Crippen molar-refractivity contribution in [3.63, 3.8) is 0 Å². The molecule has 0 spiro atoms. The quantitative estimate of drug-likeness (QED) is 0.537. The highest BCUT2D eigenvalue weighted by Crippen LogP contribution is 1.93. The Morgan fingerprint density at radius 3 is 2.20 bits per heavy atom. The zero-order valence-electron chi connectivity index (χ0n) is 5.65. The number of carbonyl (C=O) groups is 1. The second-order valence-corrected chi connectivity index (χ2v) is 2.00. The van der Waals surface area contributed by atoms with Crippen LogP contribution in [0.2, 0.25) is 0 Å². The van der Waals surface area contributed by atoms with Gasteiger partial charge in [-0.15, -0.1) is 12.4 Å². The second kappa shape index (κ2) is 5.46. The Morgan fingerprint density at radius 1 is 1.70 bits per heavy atom. The van der Waals surface area contributed by atoms with E-state index in [-0.39, 0.29) is 18.8 Å². The number of hydrogen-bond donors (Lipinski definition) is 3. The maximum absolute atomic E-state index is 9.92. The van der Waals surface area contributed by atoms with E-state index < -0.39 is 18.1 Å². The summed E-state index contributed by atoms with van der Waals surface area (Å²) in [7, 11) is 0. The van der Waals surface area contributed by atoms with Gasteiger partial charge in [0.15, 0.2) is 0 Å². The number of aliphatic carboxylic acids is 1. The number of hydrogen-bond acceptors (Lipinski definition) is 3. The summed E-state index contributed by atoms with van der Waals surface area (Å²) in [4.78, 5) is 9.92. The van der Waals surface area contributed by atoms with E-state index in [0.29, 0.717) is 0 Å². The lowest BCUT2D eigenvalue weighted by Gasteiger charge is -2.10. The van der Waals surface area contributed by atoms with Crippen molar-refractivity contribution in [1.29, 1.82) is 0 Å². The molecule has 10 heavy (non-hydrogen) atoms. The van der Waals surface area contributed by atoms with E-state index in [2.05, 4.69) is 0 Å². The van der Waals surface area contributed by atoms with E-state index in [9.17, 15) is 4.79 Å². The molecule has 4 N–H and O–H groups in total. The summed E-state index contributed by atoms with van der Waals surface area (Å²) < 4.78 is 0. The highest BCUT2D eigenvalue weighted by atomic mass is 35.5. The minimum Gasteiger partial charge on any atom is -0.481 e. The second-order valence-electron chi connectivity index (χ2n) is 2.00. The van der Waals surface area contributed by atoms with Crippen molar-refractivity contribution in [2.45, 2.75) is 25.5 Å². The molecule has 0 aliphatic rings. The Balaban J connectivity index is 0. The number of carboxylic acids is 1. The fourth-order valence-corrected chi connectivity index (χ4v) is 0.372. The van der Waals surface area contributed by atoms with Crippen LogP contribution in [-0.2, 0) is 4.79 Å². The number of aliphatic hydroxyl groups is 1. The first-order valence-electron chi connectivity index (χ1n) is 2.69. The SMILES string of the molecule is C[C@@H](O)[C@H](N)CC(=O)O.Cl. The molecule has 4 nitrogen and oxygen atoms in total. The van der Waals surface area contributed by atoms with Crippen LogP contribution in [0.25, 0.3) is 0 Å². The van der Waals surface area contributed by atoms with Gasteiger partial charge in [0, 0.05) is 6.04 Å². The molecule has 0 aromatic heterocycles. The molecular formula is C5H12ClNO3. The Morgan fingerprint density at radius 2 is 2.10 bits per heavy atom. The number of halogens is 1. The monoisotopic (exact) mass is 169 g/mol. The van der Waals surface area contributed by atoms with Crippen LogP contribution in [0.5, 0.6) is 0 Å². The molecule has 0 heterocycles. The van der Waals surface area contributed by atoms with E-state index >= 15 is 0 Å². The summed E-state index contributed by atoms with van der Waals surface area (Å²) in [5, 5.41) is 16.8. The van der Waals surface area contributed by atoms with Gasteiger partial charge in [0.1, 0.15) is 0 Å². The topological polar surface area (TPSA) is 83.5 Å². The Hall–Kier alpha value is -0.320. The van der Waals surface area contributed by atoms with Crippen molar-refractivity contribution in [3.05, 3.63) is 0 Å². The number of rotatable bonds is 3. The Kier molecular flexibility index (Phi) is 6.76. The van der Waals surface area contributed by atoms with Gasteiger partial charge in [0.05, 0.1) is 12.5 Å². The fraction of sp³-hybridized carbons (Fsp3) is 0.800. The minimum absolute atomic E-state index is 0. The minimum atomic E-state index is -0.983. The average Bonchev–Trinajstić information content (AvgIpc) is 1.63. The standard InChI is InChI=1S/C5H11NO3.ClH/c1-3(7)4(6)2-5(8)9;/h3-4,7H,2,6H2,1H3,(H,8,9);1H/t3-,4-;/m1./s1. The molecule has 0 bridgehead atoms. The van der Waals surface area contributed by atoms with Gasteiger partial charge in [-0.2, -0.15) is 0 Å². The van der Waals surface area contributed by atoms with Gasteiger partial charge >= 0.3 is 5.97 Å². The molecule has 2 atom stereocenters. The first-order valence-corrected chi connectivity index (χ1v) is 2.69. The van der Waals surface area contributed by atoms with Crippen LogP contribution >= 0.6 is 12.4 Å². The van der Waals surface area contributed by atoms with Crippen LogP contribution in [0.3, 0.4) is 0 Å². The van der Waals surface area contributed by atoms with Gasteiger partial charge in [-0.25, -0.2) is 0 Å². The molecule has 0 amide bonds. The molecule has 0 radical (unpaired) electrons. The van der Waals surface area contributed by atoms with Gasteiger partial charge in [-0.05, 0) is 6.92 Å². The lowest BCUT2D eigenvalue weighted by atomic mass is 10.1. The third kappa shape index (κ3) is 5.81. The molecule has 0 aromatic rings. The van der Waals surface area contributed by atoms with Gasteiger partial charge in [-0.3, -0.25) is 4.79 Å². The van der Waals surface area contributed by atoms with Crippen molar-refractivity contribution >= 4 is 18.4 Å². The van der Waals surface area contributed by atoms with E-state index in [1.807, 2.05) is 0 Å². The van der Waals surface area contributed by atoms with Crippen molar-refractivity contribution in [1.82, 2.24) is 0 Å². The Labute approximate surface area is 65.4 Å². The predicted octanol–water partition coefficient (Wildman–Crippen LogP) is -0.409. The van der Waals surface area contributed by atoms with Crippen molar-refractivity contribution < 1.29 is 15.0 Å². The lowest BCUT2D eigenvalue weighted by molar-refractivity contribution is -0.138. The van der Waals surface area contributed by atoms with Crippen molar-refractivity contribution in [2.75, 3.05) is 0 Å². The first kappa shape index (κ1) is 12.4. The fourth-order valence-electron chi connectivity index (χ4n) is 0.372. The third-order valence-electron chi connectivity index (χ3n) is 1.03. The third-order valence-corrected chi connectivity index (χ3v) is 1.03. The van der Waals surface area contributed by atoms with Crippen LogP contribution < -0.4 is 5.73 Å². The molecule has 0 aliphatic carbocycles. The summed E-state index contributed by atoms with van der Waals surface area (Å²) in [6, 6.07) is -0.650. The van der Waals surface area contributed by atoms with Crippen LogP contribution in [0, 0.1) is 0 Å². The van der Waals surface area contributed by atoms with Gasteiger partial charge in [-0.1, -0.05) is 0 Å². The number of carboxylic acid groups (broad SMARTS) is 1. The summed E-state index contributed by atoms with van der Waals surface area (Å²) in [6.45, 7) is 1.47. The highest BCUT2D eigenvalue weighted by molar-refractivity contribution is 5.85.